The van der Waals surface area contributed by atoms with E-state index in [9.17, 15) is 14.4 Å². The number of imide groups is 1. The van der Waals surface area contributed by atoms with Crippen LogP contribution in [0.5, 0.6) is 0 Å². The van der Waals surface area contributed by atoms with Crippen molar-refractivity contribution < 1.29 is 14.4 Å². The Bertz CT molecular complexity index is 1140. The zero-order chi connectivity index (χ0) is 22.0. The van der Waals surface area contributed by atoms with Crippen LogP contribution in [-0.4, -0.2) is 39.1 Å². The van der Waals surface area contributed by atoms with Crippen LogP contribution in [0.4, 0.5) is 4.79 Å². The highest BCUT2D eigenvalue weighted by Gasteiger charge is 2.28. The number of para-hydroxylation sites is 1. The Labute approximate surface area is 179 Å². The summed E-state index contributed by atoms with van der Waals surface area (Å²) in [4.78, 5) is 37.4. The normalized spacial score (nSPS) is 13.4. The number of hydrogen-bond donors (Lipinski definition) is 2. The zero-order valence-corrected chi connectivity index (χ0v) is 17.4. The average Bonchev–Trinajstić information content (AvgIpc) is 3.25. The highest BCUT2D eigenvalue weighted by Crippen LogP contribution is 2.18. The van der Waals surface area contributed by atoms with Gasteiger partial charge in [-0.1, -0.05) is 30.3 Å². The highest BCUT2D eigenvalue weighted by molar-refractivity contribution is 6.02. The molecular weight excluding hydrogens is 394 g/mol. The summed E-state index contributed by atoms with van der Waals surface area (Å²) in [5.74, 6) is -0.508. The number of urea groups is 1. The van der Waals surface area contributed by atoms with Crippen LogP contribution < -0.4 is 10.6 Å². The molecule has 0 saturated carbocycles. The van der Waals surface area contributed by atoms with Crippen molar-refractivity contribution in [3.05, 3.63) is 82.7 Å². The topological polar surface area (TPSA) is 96.3 Å². The predicted molar refractivity (Wildman–Crippen MR) is 115 cm³/mol. The van der Waals surface area contributed by atoms with Gasteiger partial charge >= 0.3 is 6.03 Å². The molecule has 158 valence electrons. The minimum absolute atomic E-state index is 0.00831. The van der Waals surface area contributed by atoms with Crippen molar-refractivity contribution in [1.82, 2.24) is 25.3 Å². The van der Waals surface area contributed by atoms with Crippen LogP contribution in [0.15, 0.2) is 54.6 Å². The molecule has 4 rings (SSSR count). The predicted octanol–water partition coefficient (Wildman–Crippen LogP) is 2.47. The van der Waals surface area contributed by atoms with Gasteiger partial charge < -0.3 is 10.6 Å². The smallest absolute Gasteiger partial charge is 0.324 e. The van der Waals surface area contributed by atoms with Crippen molar-refractivity contribution in [2.24, 2.45) is 0 Å². The van der Waals surface area contributed by atoms with Crippen LogP contribution in [0.25, 0.3) is 5.69 Å². The summed E-state index contributed by atoms with van der Waals surface area (Å²) in [6, 6.07) is 16.4. The number of carbonyl (C=O) groups is 3. The molecule has 4 amide bonds. The average molecular weight is 417 g/mol. The third-order valence-electron chi connectivity index (χ3n) is 5.33. The molecule has 0 radical (unpaired) electrons. The molecule has 0 bridgehead atoms. The van der Waals surface area contributed by atoms with Crippen LogP contribution in [0.3, 0.4) is 0 Å². The number of nitrogens with one attached hydrogen (secondary N) is 2. The Morgan fingerprint density at radius 3 is 2.58 bits per heavy atom. The first-order chi connectivity index (χ1) is 14.9. The fourth-order valence-corrected chi connectivity index (χ4v) is 3.63. The molecule has 1 aromatic heterocycles. The molecule has 3 aromatic rings. The van der Waals surface area contributed by atoms with Crippen LogP contribution in [0.1, 0.15) is 32.9 Å². The lowest BCUT2D eigenvalue weighted by atomic mass is 10.1. The maximum atomic E-state index is 12.7. The minimum Gasteiger partial charge on any atom is -0.348 e. The fourth-order valence-electron chi connectivity index (χ4n) is 3.63. The van der Waals surface area contributed by atoms with Gasteiger partial charge in [0, 0.05) is 23.4 Å². The van der Waals surface area contributed by atoms with E-state index < -0.39 is 6.03 Å². The molecule has 1 fully saturated rings. The van der Waals surface area contributed by atoms with Gasteiger partial charge in [0.2, 0.25) is 5.91 Å². The lowest BCUT2D eigenvalue weighted by molar-refractivity contribution is -0.125. The van der Waals surface area contributed by atoms with Crippen molar-refractivity contribution >= 4 is 17.8 Å². The molecule has 31 heavy (non-hydrogen) atoms. The van der Waals surface area contributed by atoms with Gasteiger partial charge in [0.25, 0.3) is 5.91 Å². The second kappa shape index (κ2) is 8.43. The Morgan fingerprint density at radius 2 is 1.87 bits per heavy atom. The summed E-state index contributed by atoms with van der Waals surface area (Å²) in [5.41, 5.74) is 4.93. The van der Waals surface area contributed by atoms with E-state index in [0.717, 1.165) is 27.5 Å². The quantitative estimate of drug-likeness (QED) is 0.602. The second-order valence-corrected chi connectivity index (χ2v) is 7.42. The van der Waals surface area contributed by atoms with Crippen LogP contribution in [0.2, 0.25) is 0 Å². The van der Waals surface area contributed by atoms with E-state index in [-0.39, 0.29) is 24.9 Å². The molecule has 0 atom stereocenters. The Balaban J connectivity index is 1.46. The molecule has 0 aliphatic carbocycles. The third-order valence-corrected chi connectivity index (χ3v) is 5.33. The maximum Gasteiger partial charge on any atom is 0.324 e. The first-order valence-corrected chi connectivity index (χ1v) is 10.00. The van der Waals surface area contributed by atoms with Crippen molar-refractivity contribution in [3.63, 3.8) is 0 Å². The maximum absolute atomic E-state index is 12.7. The Kier molecular flexibility index (Phi) is 5.53. The lowest BCUT2D eigenvalue weighted by Crippen LogP contribution is -2.30. The van der Waals surface area contributed by atoms with Gasteiger partial charge in [-0.3, -0.25) is 14.5 Å². The molecule has 2 heterocycles. The Hall–Kier alpha value is -3.94. The highest BCUT2D eigenvalue weighted by atomic mass is 16.2. The van der Waals surface area contributed by atoms with E-state index in [4.69, 9.17) is 0 Å². The SMILES string of the molecule is Cc1nn(-c2ccccc2)c(C)c1CNC(=O)c1cccc(CN2C(=O)CNC2=O)c1. The van der Waals surface area contributed by atoms with Crippen molar-refractivity contribution in [2.45, 2.75) is 26.9 Å². The second-order valence-electron chi connectivity index (χ2n) is 7.42. The van der Waals surface area contributed by atoms with Gasteiger partial charge in [-0.25, -0.2) is 9.48 Å². The molecule has 0 unspecified atom stereocenters. The lowest BCUT2D eigenvalue weighted by Gasteiger charge is -2.13. The molecule has 2 N–H and O–H groups in total. The van der Waals surface area contributed by atoms with Gasteiger partial charge in [0.1, 0.15) is 0 Å². The number of aryl methyl sites for hydroxylation is 1. The molecule has 2 aromatic carbocycles. The van der Waals surface area contributed by atoms with Gasteiger partial charge in [0.05, 0.1) is 24.5 Å². The molecule has 1 aliphatic rings. The van der Waals surface area contributed by atoms with E-state index in [1.165, 1.54) is 0 Å². The number of aromatic nitrogens is 2. The molecule has 8 nitrogen and oxygen atoms in total. The van der Waals surface area contributed by atoms with Crippen LogP contribution >= 0.6 is 0 Å². The molecule has 1 saturated heterocycles. The summed E-state index contributed by atoms with van der Waals surface area (Å²) in [7, 11) is 0. The number of carbonyl (C=O) groups excluding carboxylic acids is 3. The van der Waals surface area contributed by atoms with Crippen molar-refractivity contribution in [1.29, 1.82) is 0 Å². The first-order valence-electron chi connectivity index (χ1n) is 10.00. The first kappa shape index (κ1) is 20.3. The standard InChI is InChI=1S/C23H23N5O3/c1-15-20(16(2)28(26-15)19-9-4-3-5-10-19)12-24-22(30)18-8-6-7-17(11-18)14-27-21(29)13-25-23(27)31/h3-11H,12-14H2,1-2H3,(H,24,30)(H,25,31). The summed E-state index contributed by atoms with van der Waals surface area (Å²) >= 11 is 0. The van der Waals surface area contributed by atoms with Crippen molar-refractivity contribution in [2.75, 3.05) is 6.54 Å². The number of amides is 4. The van der Waals surface area contributed by atoms with Gasteiger partial charge in [0.15, 0.2) is 0 Å². The minimum atomic E-state index is -0.416. The zero-order valence-electron chi connectivity index (χ0n) is 17.4. The summed E-state index contributed by atoms with van der Waals surface area (Å²) in [5, 5.41) is 10.0. The fraction of sp³-hybridized carbons (Fsp3) is 0.217. The number of rotatable bonds is 6. The Morgan fingerprint density at radius 1 is 1.10 bits per heavy atom. The van der Waals surface area contributed by atoms with E-state index in [0.29, 0.717) is 17.7 Å². The molecule has 8 heteroatoms. The molecule has 1 aliphatic heterocycles. The van der Waals surface area contributed by atoms with E-state index >= 15 is 0 Å². The van der Waals surface area contributed by atoms with Crippen LogP contribution in [-0.2, 0) is 17.9 Å². The van der Waals surface area contributed by atoms with E-state index in [1.54, 1.807) is 24.3 Å². The molecule has 0 spiro atoms. The third kappa shape index (κ3) is 4.18. The largest absolute Gasteiger partial charge is 0.348 e. The number of hydrogen-bond acceptors (Lipinski definition) is 4. The van der Waals surface area contributed by atoms with Crippen LogP contribution in [0, 0.1) is 13.8 Å². The van der Waals surface area contributed by atoms with Gasteiger partial charge in [-0.15, -0.1) is 0 Å². The summed E-state index contributed by atoms with van der Waals surface area (Å²) in [6.07, 6.45) is 0. The van der Waals surface area contributed by atoms with Gasteiger partial charge in [-0.05, 0) is 43.7 Å². The monoisotopic (exact) mass is 417 g/mol. The summed E-state index contributed by atoms with van der Waals surface area (Å²) < 4.78 is 1.87. The number of benzene rings is 2. The summed E-state index contributed by atoms with van der Waals surface area (Å²) in [6.45, 7) is 4.39. The van der Waals surface area contributed by atoms with E-state index in [2.05, 4.69) is 15.7 Å². The van der Waals surface area contributed by atoms with E-state index in [1.807, 2.05) is 48.9 Å². The number of nitrogens with zero attached hydrogens (tertiary/aromatic N) is 3. The van der Waals surface area contributed by atoms with Gasteiger partial charge in [-0.2, -0.15) is 5.10 Å². The molecular formula is C23H23N5O3. The van der Waals surface area contributed by atoms with Crippen molar-refractivity contribution in [3.8, 4) is 5.69 Å².